The van der Waals surface area contributed by atoms with Crippen LogP contribution in [0.25, 0.3) is 0 Å². The number of hydrogen-bond donors (Lipinski definition) is 2. The van der Waals surface area contributed by atoms with Crippen molar-refractivity contribution in [2.45, 2.75) is 32.7 Å². The molecule has 0 saturated heterocycles. The molecule has 1 heterocycles. The van der Waals surface area contributed by atoms with Gasteiger partial charge in [-0.25, -0.2) is 0 Å². The molecule has 1 atom stereocenters. The van der Waals surface area contributed by atoms with E-state index in [9.17, 15) is 4.79 Å². The first kappa shape index (κ1) is 16.9. The number of aryl methyl sites for hydroxylation is 1. The lowest BCUT2D eigenvalue weighted by atomic mass is 10.1. The third-order valence-corrected chi connectivity index (χ3v) is 2.71. The Labute approximate surface area is 115 Å². The molecule has 0 bridgehead atoms. The second-order valence-corrected chi connectivity index (χ2v) is 4.66. The van der Waals surface area contributed by atoms with E-state index >= 15 is 0 Å². The lowest BCUT2D eigenvalue weighted by Gasteiger charge is -2.11. The highest BCUT2D eigenvalue weighted by Gasteiger charge is 2.17. The molecule has 0 spiro atoms. The van der Waals surface area contributed by atoms with Gasteiger partial charge < -0.3 is 10.6 Å². The zero-order valence-electron chi connectivity index (χ0n) is 11.7. The van der Waals surface area contributed by atoms with Crippen LogP contribution in [0.15, 0.2) is 6.20 Å². The minimum absolute atomic E-state index is 0. The molecule has 104 valence electrons. The Morgan fingerprint density at radius 2 is 2.06 bits per heavy atom. The Bertz CT molecular complexity index is 389. The number of hydrogen-bond acceptors (Lipinski definition) is 3. The van der Waals surface area contributed by atoms with E-state index in [2.05, 4.69) is 15.7 Å². The van der Waals surface area contributed by atoms with E-state index in [1.807, 2.05) is 34.9 Å². The molecule has 0 aliphatic heterocycles. The zero-order chi connectivity index (χ0) is 13.0. The summed E-state index contributed by atoms with van der Waals surface area (Å²) in [6, 6.07) is 0.262. The second-order valence-electron chi connectivity index (χ2n) is 4.66. The third kappa shape index (κ3) is 4.31. The molecule has 18 heavy (non-hydrogen) atoms. The third-order valence-electron chi connectivity index (χ3n) is 2.71. The van der Waals surface area contributed by atoms with Gasteiger partial charge in [-0.3, -0.25) is 9.48 Å². The van der Waals surface area contributed by atoms with Crippen molar-refractivity contribution >= 4 is 18.3 Å². The first-order valence-corrected chi connectivity index (χ1v) is 5.94. The first-order valence-electron chi connectivity index (χ1n) is 5.94. The molecule has 1 aromatic heterocycles. The number of amides is 1. The SMILES string of the molecule is CNC(C)CNC(=O)c1cn(C)nc1C(C)C.Cl. The predicted molar refractivity (Wildman–Crippen MR) is 75.4 cm³/mol. The van der Waals surface area contributed by atoms with Crippen LogP contribution in [0.5, 0.6) is 0 Å². The fourth-order valence-electron chi connectivity index (χ4n) is 1.55. The van der Waals surface area contributed by atoms with Crippen LogP contribution in [0.2, 0.25) is 0 Å². The average molecular weight is 275 g/mol. The molecule has 1 aromatic rings. The highest BCUT2D eigenvalue weighted by atomic mass is 35.5. The van der Waals surface area contributed by atoms with Gasteiger partial charge in [0, 0.05) is 25.8 Å². The summed E-state index contributed by atoms with van der Waals surface area (Å²) in [5, 5.41) is 10.3. The first-order chi connectivity index (χ1) is 7.95. The molecule has 0 aliphatic rings. The Kier molecular flexibility index (Phi) is 6.94. The summed E-state index contributed by atoms with van der Waals surface area (Å²) in [6.07, 6.45) is 1.77. The number of nitrogens with zero attached hydrogens (tertiary/aromatic N) is 2. The summed E-state index contributed by atoms with van der Waals surface area (Å²) in [7, 11) is 3.71. The molecule has 6 heteroatoms. The van der Waals surface area contributed by atoms with Crippen molar-refractivity contribution in [2.75, 3.05) is 13.6 Å². The van der Waals surface area contributed by atoms with Crippen LogP contribution in [0, 0.1) is 0 Å². The van der Waals surface area contributed by atoms with E-state index < -0.39 is 0 Å². The molecular weight excluding hydrogens is 252 g/mol. The smallest absolute Gasteiger partial charge is 0.254 e. The Morgan fingerprint density at radius 3 is 2.56 bits per heavy atom. The lowest BCUT2D eigenvalue weighted by Crippen LogP contribution is -2.37. The van der Waals surface area contributed by atoms with Gasteiger partial charge in [-0.2, -0.15) is 5.10 Å². The minimum atomic E-state index is -0.0519. The number of likely N-dealkylation sites (N-methyl/N-ethyl adjacent to an activating group) is 1. The molecule has 0 saturated carbocycles. The van der Waals surface area contributed by atoms with Crippen LogP contribution in [-0.4, -0.2) is 35.3 Å². The minimum Gasteiger partial charge on any atom is -0.350 e. The largest absolute Gasteiger partial charge is 0.350 e. The molecule has 0 fully saturated rings. The fraction of sp³-hybridized carbons (Fsp3) is 0.667. The number of aromatic nitrogens is 2. The Hall–Kier alpha value is -1.07. The summed E-state index contributed by atoms with van der Waals surface area (Å²) >= 11 is 0. The van der Waals surface area contributed by atoms with Crippen LogP contribution in [0.1, 0.15) is 42.7 Å². The number of rotatable bonds is 5. The topological polar surface area (TPSA) is 58.9 Å². The molecule has 1 amide bonds. The summed E-state index contributed by atoms with van der Waals surface area (Å²) in [4.78, 5) is 12.0. The lowest BCUT2D eigenvalue weighted by molar-refractivity contribution is 0.0949. The predicted octanol–water partition coefficient (Wildman–Crippen LogP) is 1.30. The van der Waals surface area contributed by atoms with Crippen molar-refractivity contribution in [1.82, 2.24) is 20.4 Å². The van der Waals surface area contributed by atoms with Crippen LogP contribution < -0.4 is 10.6 Å². The highest BCUT2D eigenvalue weighted by molar-refractivity contribution is 5.95. The van der Waals surface area contributed by atoms with E-state index in [-0.39, 0.29) is 30.3 Å². The second kappa shape index (κ2) is 7.38. The number of carbonyl (C=O) groups excluding carboxylic acids is 1. The van der Waals surface area contributed by atoms with Gasteiger partial charge in [-0.15, -0.1) is 12.4 Å². The summed E-state index contributed by atoms with van der Waals surface area (Å²) < 4.78 is 1.69. The van der Waals surface area contributed by atoms with E-state index in [1.165, 1.54) is 0 Å². The normalized spacial score (nSPS) is 12.1. The number of halogens is 1. The van der Waals surface area contributed by atoms with Crippen molar-refractivity contribution < 1.29 is 4.79 Å². The maximum Gasteiger partial charge on any atom is 0.254 e. The highest BCUT2D eigenvalue weighted by Crippen LogP contribution is 2.16. The number of carbonyl (C=O) groups is 1. The van der Waals surface area contributed by atoms with Crippen LogP contribution >= 0.6 is 12.4 Å². The maximum atomic E-state index is 12.0. The standard InChI is InChI=1S/C12H22N4O.ClH/c1-8(2)11-10(7-16(5)15-11)12(17)14-6-9(3)13-4;/h7-9,13H,6H2,1-5H3,(H,14,17);1H. The van der Waals surface area contributed by atoms with Crippen molar-refractivity contribution in [3.8, 4) is 0 Å². The van der Waals surface area contributed by atoms with Gasteiger partial charge >= 0.3 is 0 Å². The van der Waals surface area contributed by atoms with Gasteiger partial charge in [0.2, 0.25) is 0 Å². The average Bonchev–Trinajstić information content (AvgIpc) is 2.67. The van der Waals surface area contributed by atoms with Gasteiger partial charge in [0.1, 0.15) is 0 Å². The Balaban J connectivity index is 0.00000289. The van der Waals surface area contributed by atoms with Crippen molar-refractivity contribution in [2.24, 2.45) is 7.05 Å². The van der Waals surface area contributed by atoms with Gasteiger partial charge in [0.25, 0.3) is 5.91 Å². The van der Waals surface area contributed by atoms with Crippen molar-refractivity contribution in [1.29, 1.82) is 0 Å². The van der Waals surface area contributed by atoms with Crippen molar-refractivity contribution in [3.05, 3.63) is 17.5 Å². The fourth-order valence-corrected chi connectivity index (χ4v) is 1.55. The van der Waals surface area contributed by atoms with Crippen LogP contribution in [0.3, 0.4) is 0 Å². The van der Waals surface area contributed by atoms with E-state index in [0.29, 0.717) is 12.1 Å². The van der Waals surface area contributed by atoms with Gasteiger partial charge in [-0.05, 0) is 19.9 Å². The van der Waals surface area contributed by atoms with Gasteiger partial charge in [0.05, 0.1) is 11.3 Å². The molecule has 1 rings (SSSR count). The molecule has 0 radical (unpaired) electrons. The summed E-state index contributed by atoms with van der Waals surface area (Å²) in [5.41, 5.74) is 1.52. The molecule has 0 aliphatic carbocycles. The maximum absolute atomic E-state index is 12.0. The van der Waals surface area contributed by atoms with Crippen molar-refractivity contribution in [3.63, 3.8) is 0 Å². The molecule has 0 aromatic carbocycles. The van der Waals surface area contributed by atoms with E-state index in [4.69, 9.17) is 0 Å². The molecular formula is C12H23ClN4O. The number of nitrogens with one attached hydrogen (secondary N) is 2. The van der Waals surface area contributed by atoms with Crippen LogP contribution in [0.4, 0.5) is 0 Å². The zero-order valence-corrected chi connectivity index (χ0v) is 12.5. The van der Waals surface area contributed by atoms with Crippen LogP contribution in [-0.2, 0) is 7.05 Å². The molecule has 5 nitrogen and oxygen atoms in total. The van der Waals surface area contributed by atoms with E-state index in [1.54, 1.807) is 10.9 Å². The molecule has 2 N–H and O–H groups in total. The quantitative estimate of drug-likeness (QED) is 0.851. The monoisotopic (exact) mass is 274 g/mol. The van der Waals surface area contributed by atoms with Gasteiger partial charge in [-0.1, -0.05) is 13.8 Å². The van der Waals surface area contributed by atoms with Gasteiger partial charge in [0.15, 0.2) is 0 Å². The summed E-state index contributed by atoms with van der Waals surface area (Å²) in [5.74, 6) is 0.197. The Morgan fingerprint density at radius 1 is 1.44 bits per heavy atom. The van der Waals surface area contributed by atoms with E-state index in [0.717, 1.165) is 5.69 Å². The molecule has 1 unspecified atom stereocenters. The summed E-state index contributed by atoms with van der Waals surface area (Å²) in [6.45, 7) is 6.71.